The molecular weight excluding hydrogens is 303 g/mol. The summed E-state index contributed by atoms with van der Waals surface area (Å²) in [5.74, 6) is -1.18. The Morgan fingerprint density at radius 1 is 1.18 bits per heavy atom. The summed E-state index contributed by atoms with van der Waals surface area (Å²) in [6.07, 6.45) is -4.16. The number of hydrogen-bond acceptors (Lipinski definition) is 4. The number of alkyl halides is 3. The SMILES string of the molecule is CCOC(=O)CCCNC(=O)c1ccc(OC(F)(F)F)cc1. The van der Waals surface area contributed by atoms with Gasteiger partial charge in [-0.3, -0.25) is 9.59 Å². The standard InChI is InChI=1S/C14H16F3NO4/c1-2-21-12(19)4-3-9-18-13(20)10-5-7-11(8-6-10)22-14(15,16)17/h5-8H,2-4,9H2,1H3,(H,18,20). The van der Waals surface area contributed by atoms with Gasteiger partial charge in [0.05, 0.1) is 6.61 Å². The molecule has 0 aliphatic heterocycles. The van der Waals surface area contributed by atoms with Crippen molar-refractivity contribution >= 4 is 11.9 Å². The molecule has 0 saturated carbocycles. The van der Waals surface area contributed by atoms with Crippen LogP contribution >= 0.6 is 0 Å². The van der Waals surface area contributed by atoms with Gasteiger partial charge in [0, 0.05) is 18.5 Å². The van der Waals surface area contributed by atoms with Gasteiger partial charge in [-0.1, -0.05) is 0 Å². The number of rotatable bonds is 7. The monoisotopic (exact) mass is 319 g/mol. The van der Waals surface area contributed by atoms with Gasteiger partial charge in [-0.15, -0.1) is 13.2 Å². The van der Waals surface area contributed by atoms with Crippen LogP contribution < -0.4 is 10.1 Å². The molecule has 8 heteroatoms. The third-order valence-electron chi connectivity index (χ3n) is 2.50. The van der Waals surface area contributed by atoms with Crippen LogP contribution in [-0.4, -0.2) is 31.4 Å². The Hall–Kier alpha value is -2.25. The van der Waals surface area contributed by atoms with Crippen molar-refractivity contribution in [1.82, 2.24) is 5.32 Å². The van der Waals surface area contributed by atoms with Gasteiger partial charge in [-0.25, -0.2) is 0 Å². The van der Waals surface area contributed by atoms with Crippen LogP contribution in [-0.2, 0) is 9.53 Å². The second-order valence-electron chi connectivity index (χ2n) is 4.24. The summed E-state index contributed by atoms with van der Waals surface area (Å²) >= 11 is 0. The van der Waals surface area contributed by atoms with Gasteiger partial charge in [-0.05, 0) is 37.6 Å². The summed E-state index contributed by atoms with van der Waals surface area (Å²) < 4.78 is 44.4. The van der Waals surface area contributed by atoms with Crippen molar-refractivity contribution in [3.05, 3.63) is 29.8 Å². The lowest BCUT2D eigenvalue weighted by atomic mass is 10.2. The average Bonchev–Trinajstić information content (AvgIpc) is 2.43. The lowest BCUT2D eigenvalue weighted by Gasteiger charge is -2.09. The highest BCUT2D eigenvalue weighted by molar-refractivity contribution is 5.94. The number of ether oxygens (including phenoxy) is 2. The van der Waals surface area contributed by atoms with Crippen LogP contribution in [0.3, 0.4) is 0 Å². The third-order valence-corrected chi connectivity index (χ3v) is 2.50. The average molecular weight is 319 g/mol. The van der Waals surface area contributed by atoms with E-state index >= 15 is 0 Å². The number of esters is 1. The zero-order valence-corrected chi connectivity index (χ0v) is 11.9. The summed E-state index contributed by atoms with van der Waals surface area (Å²) in [7, 11) is 0. The molecule has 122 valence electrons. The van der Waals surface area contributed by atoms with Crippen molar-refractivity contribution in [3.8, 4) is 5.75 Å². The maximum atomic E-state index is 12.0. The zero-order valence-electron chi connectivity index (χ0n) is 11.9. The van der Waals surface area contributed by atoms with Gasteiger partial charge in [0.2, 0.25) is 0 Å². The first kappa shape index (κ1) is 17.8. The molecule has 22 heavy (non-hydrogen) atoms. The minimum atomic E-state index is -4.77. The van der Waals surface area contributed by atoms with Crippen LogP contribution in [0.4, 0.5) is 13.2 Å². The lowest BCUT2D eigenvalue weighted by Crippen LogP contribution is -2.25. The second-order valence-corrected chi connectivity index (χ2v) is 4.24. The Balaban J connectivity index is 2.38. The van der Waals surface area contributed by atoms with E-state index in [2.05, 4.69) is 10.1 Å². The molecule has 5 nitrogen and oxygen atoms in total. The lowest BCUT2D eigenvalue weighted by molar-refractivity contribution is -0.274. The third kappa shape index (κ3) is 6.96. The summed E-state index contributed by atoms with van der Waals surface area (Å²) in [5.41, 5.74) is 0.200. The highest BCUT2D eigenvalue weighted by Gasteiger charge is 2.31. The second kappa shape index (κ2) is 8.26. The topological polar surface area (TPSA) is 64.6 Å². The molecule has 1 N–H and O–H groups in total. The van der Waals surface area contributed by atoms with E-state index in [4.69, 9.17) is 4.74 Å². The van der Waals surface area contributed by atoms with Gasteiger partial charge in [0.25, 0.3) is 5.91 Å². The zero-order chi connectivity index (χ0) is 16.6. The normalized spacial score (nSPS) is 10.9. The fourth-order valence-electron chi connectivity index (χ4n) is 1.58. The van der Waals surface area contributed by atoms with Gasteiger partial charge in [-0.2, -0.15) is 0 Å². The molecule has 1 aromatic rings. The molecule has 0 atom stereocenters. The van der Waals surface area contributed by atoms with Crippen LogP contribution in [0.15, 0.2) is 24.3 Å². The van der Waals surface area contributed by atoms with Crippen molar-refractivity contribution in [2.45, 2.75) is 26.1 Å². The summed E-state index contributed by atoms with van der Waals surface area (Å²) in [5, 5.41) is 2.55. The number of carbonyl (C=O) groups is 2. The highest BCUT2D eigenvalue weighted by atomic mass is 19.4. The fourth-order valence-corrected chi connectivity index (χ4v) is 1.58. The highest BCUT2D eigenvalue weighted by Crippen LogP contribution is 2.22. The first-order valence-corrected chi connectivity index (χ1v) is 6.61. The van der Waals surface area contributed by atoms with E-state index in [9.17, 15) is 22.8 Å². The fraction of sp³-hybridized carbons (Fsp3) is 0.429. The Bertz CT molecular complexity index is 500. The Labute approximate surface area is 125 Å². The van der Waals surface area contributed by atoms with Gasteiger partial charge < -0.3 is 14.8 Å². The number of halogens is 3. The van der Waals surface area contributed by atoms with E-state index in [0.29, 0.717) is 13.0 Å². The van der Waals surface area contributed by atoms with E-state index < -0.39 is 18.0 Å². The Morgan fingerprint density at radius 3 is 2.36 bits per heavy atom. The number of carbonyl (C=O) groups excluding carboxylic acids is 2. The molecule has 0 aromatic heterocycles. The van der Waals surface area contributed by atoms with Crippen LogP contribution in [0, 0.1) is 0 Å². The summed E-state index contributed by atoms with van der Waals surface area (Å²) in [6.45, 7) is 2.27. The van der Waals surface area contributed by atoms with E-state index in [1.807, 2.05) is 0 Å². The molecule has 1 aromatic carbocycles. The molecular formula is C14H16F3NO4. The van der Waals surface area contributed by atoms with Gasteiger partial charge in [0.1, 0.15) is 5.75 Å². The van der Waals surface area contributed by atoms with Crippen LogP contribution in [0.2, 0.25) is 0 Å². The number of hydrogen-bond donors (Lipinski definition) is 1. The first-order chi connectivity index (χ1) is 10.3. The van der Waals surface area contributed by atoms with Gasteiger partial charge >= 0.3 is 12.3 Å². The van der Waals surface area contributed by atoms with E-state index in [1.165, 1.54) is 12.1 Å². The minimum Gasteiger partial charge on any atom is -0.466 e. The van der Waals surface area contributed by atoms with E-state index in [1.54, 1.807) is 6.92 Å². The minimum absolute atomic E-state index is 0.187. The van der Waals surface area contributed by atoms with Gasteiger partial charge in [0.15, 0.2) is 0 Å². The predicted octanol–water partition coefficient (Wildman–Crippen LogP) is 2.66. The summed E-state index contributed by atoms with van der Waals surface area (Å²) in [4.78, 5) is 22.8. The number of benzene rings is 1. The molecule has 0 saturated heterocycles. The maximum Gasteiger partial charge on any atom is 0.573 e. The molecule has 0 bridgehead atoms. The smallest absolute Gasteiger partial charge is 0.466 e. The van der Waals surface area contributed by atoms with Crippen LogP contribution in [0.25, 0.3) is 0 Å². The van der Waals surface area contributed by atoms with Crippen LogP contribution in [0.5, 0.6) is 5.75 Å². The predicted molar refractivity (Wildman–Crippen MR) is 71.3 cm³/mol. The Morgan fingerprint density at radius 2 is 1.82 bits per heavy atom. The first-order valence-electron chi connectivity index (χ1n) is 6.61. The molecule has 1 rings (SSSR count). The number of amides is 1. The maximum absolute atomic E-state index is 12.0. The quantitative estimate of drug-likeness (QED) is 0.620. The van der Waals surface area contributed by atoms with Crippen molar-refractivity contribution < 1.29 is 32.2 Å². The molecule has 0 heterocycles. The molecule has 0 aliphatic carbocycles. The molecule has 0 radical (unpaired) electrons. The van der Waals surface area contributed by atoms with Crippen molar-refractivity contribution in [2.75, 3.05) is 13.2 Å². The molecule has 0 spiro atoms. The molecule has 0 aliphatic rings. The largest absolute Gasteiger partial charge is 0.573 e. The van der Waals surface area contributed by atoms with E-state index in [-0.39, 0.29) is 24.5 Å². The van der Waals surface area contributed by atoms with E-state index in [0.717, 1.165) is 12.1 Å². The summed E-state index contributed by atoms with van der Waals surface area (Å²) in [6, 6.07) is 4.56. The number of nitrogens with one attached hydrogen (secondary N) is 1. The molecule has 0 unspecified atom stereocenters. The van der Waals surface area contributed by atoms with Crippen LogP contribution in [0.1, 0.15) is 30.1 Å². The van der Waals surface area contributed by atoms with Crippen molar-refractivity contribution in [2.24, 2.45) is 0 Å². The molecule has 1 amide bonds. The van der Waals surface area contributed by atoms with Crippen molar-refractivity contribution in [1.29, 1.82) is 0 Å². The Kier molecular flexibility index (Phi) is 6.68. The van der Waals surface area contributed by atoms with Crippen molar-refractivity contribution in [3.63, 3.8) is 0 Å². The molecule has 0 fully saturated rings.